The molecule has 1 aromatic rings. The number of carbonyl (C=O) groups is 1. The van der Waals surface area contributed by atoms with E-state index in [1.165, 1.54) is 5.56 Å². The van der Waals surface area contributed by atoms with E-state index >= 15 is 0 Å². The number of halogens is 1. The maximum Gasteiger partial charge on any atom is 0.222 e. The number of rotatable bonds is 8. The summed E-state index contributed by atoms with van der Waals surface area (Å²) in [5.74, 6) is 2.75. The number of fused-ring (bicyclic) bond motifs is 1. The summed E-state index contributed by atoms with van der Waals surface area (Å²) in [6, 6.07) is 6.16. The molecule has 0 radical (unpaired) electrons. The van der Waals surface area contributed by atoms with Crippen LogP contribution in [0.2, 0.25) is 0 Å². The lowest BCUT2D eigenvalue weighted by Crippen LogP contribution is -2.40. The molecular formula is C24H39IN4O3. The Morgan fingerprint density at radius 3 is 2.69 bits per heavy atom. The number of amides is 1. The maximum absolute atomic E-state index is 12.1. The van der Waals surface area contributed by atoms with E-state index in [0.29, 0.717) is 32.1 Å². The minimum Gasteiger partial charge on any atom is -0.486 e. The highest BCUT2D eigenvalue weighted by Gasteiger charge is 2.23. The van der Waals surface area contributed by atoms with Crippen molar-refractivity contribution in [1.82, 2.24) is 15.5 Å². The summed E-state index contributed by atoms with van der Waals surface area (Å²) in [4.78, 5) is 19.0. The number of carbonyl (C=O) groups excluding carboxylic acids is 1. The molecule has 1 fully saturated rings. The highest BCUT2D eigenvalue weighted by molar-refractivity contribution is 14.0. The molecule has 2 aliphatic rings. The number of guanidine groups is 1. The van der Waals surface area contributed by atoms with Gasteiger partial charge in [-0.1, -0.05) is 26.3 Å². The van der Waals surface area contributed by atoms with E-state index in [2.05, 4.69) is 43.5 Å². The third-order valence-electron chi connectivity index (χ3n) is 5.87. The van der Waals surface area contributed by atoms with E-state index in [1.807, 2.05) is 11.0 Å². The minimum atomic E-state index is -0.142. The van der Waals surface area contributed by atoms with Crippen molar-refractivity contribution in [3.8, 4) is 11.5 Å². The first-order chi connectivity index (χ1) is 15.0. The van der Waals surface area contributed by atoms with Gasteiger partial charge in [-0.05, 0) is 43.9 Å². The van der Waals surface area contributed by atoms with Gasteiger partial charge in [0, 0.05) is 38.0 Å². The fourth-order valence-corrected chi connectivity index (χ4v) is 3.93. The number of nitrogens with one attached hydrogen (secondary N) is 2. The minimum absolute atomic E-state index is 0. The van der Waals surface area contributed by atoms with Gasteiger partial charge in [0.2, 0.25) is 5.91 Å². The topological polar surface area (TPSA) is 75.2 Å². The van der Waals surface area contributed by atoms with Crippen molar-refractivity contribution >= 4 is 35.8 Å². The van der Waals surface area contributed by atoms with Crippen molar-refractivity contribution in [2.24, 2.45) is 4.99 Å². The molecule has 1 aromatic carbocycles. The van der Waals surface area contributed by atoms with E-state index in [1.54, 1.807) is 0 Å². The third kappa shape index (κ3) is 7.71. The lowest BCUT2D eigenvalue weighted by Gasteiger charge is -2.26. The number of ether oxygens (including phenoxy) is 2. The lowest BCUT2D eigenvalue weighted by atomic mass is 9.84. The molecule has 7 nitrogen and oxygen atoms in total. The average molecular weight is 559 g/mol. The molecule has 180 valence electrons. The summed E-state index contributed by atoms with van der Waals surface area (Å²) in [6.45, 7) is 11.6. The van der Waals surface area contributed by atoms with E-state index in [-0.39, 0.29) is 29.4 Å². The van der Waals surface area contributed by atoms with Crippen LogP contribution in [0.3, 0.4) is 0 Å². The highest BCUT2D eigenvalue weighted by Crippen LogP contribution is 2.35. The number of benzene rings is 1. The van der Waals surface area contributed by atoms with Crippen LogP contribution in [-0.2, 0) is 10.2 Å². The van der Waals surface area contributed by atoms with Crippen LogP contribution < -0.4 is 20.1 Å². The van der Waals surface area contributed by atoms with Crippen LogP contribution in [-0.4, -0.2) is 62.7 Å². The lowest BCUT2D eigenvalue weighted by molar-refractivity contribution is -0.130. The molecule has 0 bridgehead atoms. The SMILES string of the molecule is CCNC(=NCC(C)(C)c1ccc2c(c1)OCCO2)NCCCN1CCCCCC1=O.I. The molecule has 2 aliphatic heterocycles. The van der Waals surface area contributed by atoms with E-state index in [0.717, 1.165) is 69.3 Å². The number of aliphatic imine (C=N–C) groups is 1. The van der Waals surface area contributed by atoms with Crippen molar-refractivity contribution in [1.29, 1.82) is 0 Å². The second-order valence-electron chi connectivity index (χ2n) is 8.91. The van der Waals surface area contributed by atoms with Crippen LogP contribution in [0.15, 0.2) is 23.2 Å². The molecular weight excluding hydrogens is 519 g/mol. The van der Waals surface area contributed by atoms with Gasteiger partial charge in [0.05, 0.1) is 6.54 Å². The van der Waals surface area contributed by atoms with Crippen LogP contribution in [0.25, 0.3) is 0 Å². The molecule has 0 saturated carbocycles. The molecule has 2 heterocycles. The standard InChI is InChI=1S/C24H38N4O3.HI/c1-4-25-23(26-12-8-14-28-13-7-5-6-9-22(28)29)27-18-24(2,3)19-10-11-20-21(17-19)31-16-15-30-20;/h10-11,17H,4-9,12-16,18H2,1-3H3,(H2,25,26,27);1H. The van der Waals surface area contributed by atoms with Gasteiger partial charge in [-0.3, -0.25) is 9.79 Å². The molecule has 0 atom stereocenters. The molecule has 3 rings (SSSR count). The molecule has 32 heavy (non-hydrogen) atoms. The summed E-state index contributed by atoms with van der Waals surface area (Å²) in [7, 11) is 0. The Hall–Kier alpha value is -1.71. The van der Waals surface area contributed by atoms with Crippen LogP contribution in [0.4, 0.5) is 0 Å². The Balaban J connectivity index is 0.00000363. The van der Waals surface area contributed by atoms with Crippen molar-refractivity contribution in [2.75, 3.05) is 45.9 Å². The predicted octanol–water partition coefficient (Wildman–Crippen LogP) is 3.70. The fraction of sp³-hybridized carbons (Fsp3) is 0.667. The van der Waals surface area contributed by atoms with Gasteiger partial charge in [0.25, 0.3) is 0 Å². The summed E-state index contributed by atoms with van der Waals surface area (Å²) >= 11 is 0. The molecule has 0 aromatic heterocycles. The molecule has 8 heteroatoms. The number of nitrogens with zero attached hydrogens (tertiary/aromatic N) is 2. The molecule has 0 aliphatic carbocycles. The second kappa shape index (κ2) is 13.1. The van der Waals surface area contributed by atoms with Gasteiger partial charge >= 0.3 is 0 Å². The van der Waals surface area contributed by atoms with E-state index in [4.69, 9.17) is 14.5 Å². The van der Waals surface area contributed by atoms with Gasteiger partial charge in [-0.25, -0.2) is 0 Å². The Bertz CT molecular complexity index is 770. The molecule has 1 amide bonds. The molecule has 2 N–H and O–H groups in total. The van der Waals surface area contributed by atoms with Gasteiger partial charge in [-0.2, -0.15) is 0 Å². The zero-order valence-corrected chi connectivity index (χ0v) is 22.1. The second-order valence-corrected chi connectivity index (χ2v) is 8.91. The number of hydrogen-bond donors (Lipinski definition) is 2. The molecule has 0 unspecified atom stereocenters. The fourth-order valence-electron chi connectivity index (χ4n) is 3.93. The van der Waals surface area contributed by atoms with E-state index < -0.39 is 0 Å². The van der Waals surface area contributed by atoms with E-state index in [9.17, 15) is 4.79 Å². The largest absolute Gasteiger partial charge is 0.486 e. The summed E-state index contributed by atoms with van der Waals surface area (Å²) in [5, 5.41) is 6.75. The van der Waals surface area contributed by atoms with Crippen LogP contribution in [0, 0.1) is 0 Å². The first-order valence-corrected chi connectivity index (χ1v) is 11.7. The Kier molecular flexibility index (Phi) is 10.9. The van der Waals surface area contributed by atoms with Crippen molar-refractivity contribution in [3.63, 3.8) is 0 Å². The van der Waals surface area contributed by atoms with Gasteiger partial charge < -0.3 is 25.0 Å². The summed E-state index contributed by atoms with van der Waals surface area (Å²) < 4.78 is 11.4. The summed E-state index contributed by atoms with van der Waals surface area (Å²) in [5.41, 5.74) is 1.03. The van der Waals surface area contributed by atoms with Gasteiger partial charge in [0.15, 0.2) is 17.5 Å². The predicted molar refractivity (Wildman–Crippen MR) is 140 cm³/mol. The van der Waals surface area contributed by atoms with Crippen LogP contribution >= 0.6 is 24.0 Å². The Morgan fingerprint density at radius 1 is 1.12 bits per heavy atom. The number of likely N-dealkylation sites (tertiary alicyclic amines) is 1. The first-order valence-electron chi connectivity index (χ1n) is 11.7. The number of hydrogen-bond acceptors (Lipinski definition) is 4. The van der Waals surface area contributed by atoms with Crippen molar-refractivity contribution in [3.05, 3.63) is 23.8 Å². The van der Waals surface area contributed by atoms with Crippen LogP contribution in [0.5, 0.6) is 11.5 Å². The highest BCUT2D eigenvalue weighted by atomic mass is 127. The average Bonchev–Trinajstić information content (AvgIpc) is 2.98. The quantitative estimate of drug-likeness (QED) is 0.220. The molecule has 0 spiro atoms. The van der Waals surface area contributed by atoms with Crippen LogP contribution in [0.1, 0.15) is 58.4 Å². The zero-order valence-electron chi connectivity index (χ0n) is 19.7. The normalized spacial score (nSPS) is 16.8. The zero-order chi connectivity index (χ0) is 22.1. The summed E-state index contributed by atoms with van der Waals surface area (Å²) in [6.07, 6.45) is 4.94. The van der Waals surface area contributed by atoms with Gasteiger partial charge in [0.1, 0.15) is 13.2 Å². The molecule has 1 saturated heterocycles. The Labute approximate surface area is 209 Å². The van der Waals surface area contributed by atoms with Crippen molar-refractivity contribution < 1.29 is 14.3 Å². The third-order valence-corrected chi connectivity index (χ3v) is 5.87. The van der Waals surface area contributed by atoms with Crippen molar-refractivity contribution in [2.45, 2.75) is 58.3 Å². The monoisotopic (exact) mass is 558 g/mol. The smallest absolute Gasteiger partial charge is 0.222 e. The first kappa shape index (κ1) is 26.5. The maximum atomic E-state index is 12.1. The van der Waals surface area contributed by atoms with Gasteiger partial charge in [-0.15, -0.1) is 24.0 Å². The Morgan fingerprint density at radius 2 is 1.91 bits per heavy atom.